The zero-order chi connectivity index (χ0) is 64.1. The molecule has 0 heterocycles. The standard InChI is InChI=1S/C14H16N2O5.C13H15NO5S.C12H12ClNO5S.C12H12N2O7S/c1-8(2)12(17)16-10-6-4-9(5-7-10)15-11(13(18)19)14(20)21-3;1-8(2)12(15)14-10-4-6-11(7-5-10)20(18,19)9(3)13(16)17;1-7(2)11(15)14-8-3-5-9(6-4-8)20(18,19)10(13)12(16)17;1-7(2)10(15)13-8-3-5-9(6-4-8)22(20,21)11(12(16)17)14(18)19/h4-7,11,15H,1H2,2-3H3,(H,16,17)(H,18,19);4-7,9H,1H2,2-3H3,(H,14,15)(H,16,17);3-6,10H,1H2,2H3,(H,14,15)(H,16,17);3-6,11H,1H2,2H3,(H,13,15)(H,16,17). The summed E-state index contributed by atoms with van der Waals surface area (Å²) in [7, 11) is -11.7. The number of methoxy groups -OCH3 is 1. The molecule has 0 fully saturated rings. The van der Waals surface area contributed by atoms with E-state index in [2.05, 4.69) is 57.6 Å². The quantitative estimate of drug-likeness (QED) is 0.0125. The fraction of sp³-hybridized carbons (Fsp3) is 0.196. The number of carboxylic acid groups (broad SMARTS) is 4. The van der Waals surface area contributed by atoms with Crippen molar-refractivity contribution in [1.82, 2.24) is 0 Å². The van der Waals surface area contributed by atoms with Crippen LogP contribution < -0.4 is 26.6 Å². The molecule has 446 valence electrons. The number of anilines is 5. The Bertz CT molecular complexity index is 3410. The molecule has 4 aromatic carbocycles. The summed E-state index contributed by atoms with van der Waals surface area (Å²) < 4.78 is 73.7. The van der Waals surface area contributed by atoms with E-state index in [9.17, 15) is 78.5 Å². The summed E-state index contributed by atoms with van der Waals surface area (Å²) in [6.45, 7) is 21.1. The first-order valence-corrected chi connectivity index (χ1v) is 27.8. The van der Waals surface area contributed by atoms with Gasteiger partial charge < -0.3 is 51.7 Å². The highest BCUT2D eigenvalue weighted by molar-refractivity contribution is 7.94. The van der Waals surface area contributed by atoms with E-state index < -0.39 is 102 Å². The van der Waals surface area contributed by atoms with Crippen LogP contribution >= 0.6 is 11.6 Å². The van der Waals surface area contributed by atoms with E-state index in [0.29, 0.717) is 39.5 Å². The number of sulfone groups is 3. The van der Waals surface area contributed by atoms with Crippen molar-refractivity contribution in [2.24, 2.45) is 0 Å². The smallest absolute Gasteiger partial charge is 0.408 e. The lowest BCUT2D eigenvalue weighted by Gasteiger charge is -2.14. The number of carbonyl (C=O) groups excluding carboxylic acids is 5. The van der Waals surface area contributed by atoms with E-state index in [-0.39, 0.29) is 32.9 Å². The van der Waals surface area contributed by atoms with Crippen molar-refractivity contribution in [2.75, 3.05) is 33.7 Å². The maximum atomic E-state index is 11.9. The van der Waals surface area contributed by atoms with Gasteiger partial charge in [0.2, 0.25) is 20.6 Å². The van der Waals surface area contributed by atoms with Gasteiger partial charge in [-0.05, 0) is 132 Å². The number of carboxylic acids is 4. The molecular formula is C51H55ClN6O22S3. The van der Waals surface area contributed by atoms with Gasteiger partial charge >= 0.3 is 35.2 Å². The Morgan fingerprint density at radius 1 is 0.482 bits per heavy atom. The molecule has 0 bridgehead atoms. The molecular weight excluding hydrogens is 1180 g/mol. The summed E-state index contributed by atoms with van der Waals surface area (Å²) in [5.74, 6) is -8.96. The van der Waals surface area contributed by atoms with Crippen LogP contribution in [0.2, 0.25) is 0 Å². The number of esters is 1. The summed E-state index contributed by atoms with van der Waals surface area (Å²) in [6.07, 6.45) is 0. The van der Waals surface area contributed by atoms with Crippen molar-refractivity contribution >= 4 is 123 Å². The molecule has 0 saturated heterocycles. The van der Waals surface area contributed by atoms with E-state index in [4.69, 9.17) is 32.0 Å². The highest BCUT2D eigenvalue weighted by Crippen LogP contribution is 2.24. The van der Waals surface area contributed by atoms with Gasteiger partial charge in [-0.1, -0.05) is 37.9 Å². The van der Waals surface area contributed by atoms with Gasteiger partial charge in [0.05, 0.1) is 26.7 Å². The summed E-state index contributed by atoms with van der Waals surface area (Å²) >= 11 is 5.34. The van der Waals surface area contributed by atoms with Crippen LogP contribution in [0.4, 0.5) is 28.4 Å². The lowest BCUT2D eigenvalue weighted by atomic mass is 10.2. The van der Waals surface area contributed by atoms with Crippen LogP contribution in [0.3, 0.4) is 0 Å². The molecule has 4 unspecified atom stereocenters. The normalized spacial score (nSPS) is 12.1. The topological polar surface area (TPSA) is 449 Å². The van der Waals surface area contributed by atoms with Crippen LogP contribution in [0, 0.1) is 10.1 Å². The molecule has 0 aliphatic carbocycles. The fourth-order valence-electron chi connectivity index (χ4n) is 5.34. The van der Waals surface area contributed by atoms with Crippen LogP contribution in [-0.2, 0) is 77.4 Å². The summed E-state index contributed by atoms with van der Waals surface area (Å²) in [6, 6.07) is 19.3. The van der Waals surface area contributed by atoms with Crippen LogP contribution in [0.1, 0.15) is 34.6 Å². The number of halogens is 1. The monoisotopic (exact) mass is 1230 g/mol. The molecule has 0 aromatic heterocycles. The molecule has 4 amide bonds. The number of nitrogens with one attached hydrogen (secondary N) is 5. The Labute approximate surface area is 479 Å². The Balaban J connectivity index is 0.000000554. The lowest BCUT2D eigenvalue weighted by molar-refractivity contribution is -0.486. The Morgan fingerprint density at radius 2 is 0.759 bits per heavy atom. The number of hydrogen-bond acceptors (Lipinski definition) is 19. The molecule has 4 rings (SSSR count). The predicted molar refractivity (Wildman–Crippen MR) is 301 cm³/mol. The second-order valence-electron chi connectivity index (χ2n) is 16.8. The minimum atomic E-state index is -4.69. The number of alkyl halides is 1. The van der Waals surface area contributed by atoms with Crippen molar-refractivity contribution in [2.45, 2.75) is 70.7 Å². The molecule has 83 heavy (non-hydrogen) atoms. The molecule has 32 heteroatoms. The van der Waals surface area contributed by atoms with Gasteiger partial charge in [0.25, 0.3) is 33.5 Å². The largest absolute Gasteiger partial charge is 0.480 e. The Hall–Kier alpha value is -9.59. The van der Waals surface area contributed by atoms with Gasteiger partial charge in [-0.2, -0.15) is 0 Å². The van der Waals surface area contributed by atoms with Crippen LogP contribution in [0.25, 0.3) is 0 Å². The number of ether oxygens (including phenoxy) is 1. The SMILES string of the molecule is C=C(C)C(=O)Nc1ccc(NC(C(=O)O)C(=O)OC)cc1.C=C(C)C(=O)Nc1ccc(S(=O)(=O)C(C(=O)O)[N+](=O)[O-])cc1.C=C(C)C(=O)Nc1ccc(S(=O)(=O)C(C)C(=O)O)cc1.C=C(C)C(=O)Nc1ccc(S(=O)(=O)C(Cl)C(=O)O)cc1. The van der Waals surface area contributed by atoms with Gasteiger partial charge in [0.1, 0.15) is 0 Å². The van der Waals surface area contributed by atoms with Gasteiger partial charge in [-0.25, -0.2) is 44.4 Å². The zero-order valence-corrected chi connectivity index (χ0v) is 47.8. The van der Waals surface area contributed by atoms with Crippen molar-refractivity contribution < 1.29 is 98.5 Å². The number of nitrogens with zero attached hydrogens (tertiary/aromatic N) is 1. The molecule has 0 aliphatic rings. The van der Waals surface area contributed by atoms with E-state index in [1.807, 2.05) is 0 Å². The number of rotatable bonds is 22. The molecule has 0 spiro atoms. The third kappa shape index (κ3) is 21.8. The van der Waals surface area contributed by atoms with Gasteiger partial charge in [0.15, 0.2) is 15.1 Å². The zero-order valence-electron chi connectivity index (χ0n) is 44.6. The van der Waals surface area contributed by atoms with Crippen molar-refractivity contribution in [3.63, 3.8) is 0 Å². The van der Waals surface area contributed by atoms with E-state index >= 15 is 0 Å². The Kier molecular flexibility index (Phi) is 27.0. The number of aliphatic carboxylic acids is 4. The van der Waals surface area contributed by atoms with E-state index in [1.165, 1.54) is 86.6 Å². The predicted octanol–water partition coefficient (Wildman–Crippen LogP) is 4.97. The van der Waals surface area contributed by atoms with Gasteiger partial charge in [0, 0.05) is 50.7 Å². The van der Waals surface area contributed by atoms with Crippen molar-refractivity contribution in [3.05, 3.63) is 156 Å². The minimum Gasteiger partial charge on any atom is -0.480 e. The van der Waals surface area contributed by atoms with Crippen LogP contribution in [0.5, 0.6) is 0 Å². The summed E-state index contributed by atoms with van der Waals surface area (Å²) in [5.41, 5.74) is 3.15. The second kappa shape index (κ2) is 31.4. The summed E-state index contributed by atoms with van der Waals surface area (Å²) in [5, 5.41) is 53.9. The van der Waals surface area contributed by atoms with E-state index in [1.54, 1.807) is 26.0 Å². The minimum absolute atomic E-state index is 0.110. The molecule has 4 atom stereocenters. The number of benzene rings is 4. The van der Waals surface area contributed by atoms with Gasteiger partial charge in [-0.3, -0.25) is 34.1 Å². The number of carbonyl (C=O) groups is 9. The first kappa shape index (κ1) is 71.4. The molecule has 9 N–H and O–H groups in total. The molecule has 28 nitrogen and oxygen atoms in total. The third-order valence-electron chi connectivity index (χ3n) is 9.99. The molecule has 0 saturated carbocycles. The highest BCUT2D eigenvalue weighted by Gasteiger charge is 2.45. The molecule has 0 aliphatic heterocycles. The number of amides is 4. The van der Waals surface area contributed by atoms with Crippen LogP contribution in [-0.4, -0.2) is 133 Å². The van der Waals surface area contributed by atoms with Gasteiger partial charge in [-0.15, -0.1) is 0 Å². The molecule has 0 radical (unpaired) electrons. The summed E-state index contributed by atoms with van der Waals surface area (Å²) in [4.78, 5) is 108. The average Bonchev–Trinajstić information content (AvgIpc) is 3.40. The maximum Gasteiger partial charge on any atom is 0.408 e. The number of hydrogen-bond donors (Lipinski definition) is 9. The van der Waals surface area contributed by atoms with Crippen molar-refractivity contribution in [1.29, 1.82) is 0 Å². The third-order valence-corrected chi connectivity index (χ3v) is 16.5. The van der Waals surface area contributed by atoms with E-state index in [0.717, 1.165) is 26.2 Å². The average molecular weight is 1240 g/mol. The first-order chi connectivity index (χ1) is 38.2. The maximum absolute atomic E-state index is 11.9. The fourth-order valence-corrected chi connectivity index (χ4v) is 9.13. The molecule has 4 aromatic rings. The van der Waals surface area contributed by atoms with Crippen LogP contribution in [0.15, 0.2) is 160 Å². The Morgan fingerprint density at radius 3 is 1.00 bits per heavy atom. The first-order valence-electron chi connectivity index (χ1n) is 22.8. The van der Waals surface area contributed by atoms with Crippen molar-refractivity contribution in [3.8, 4) is 0 Å². The number of nitro groups is 1. The second-order valence-corrected chi connectivity index (χ2v) is 23.8. The highest BCUT2D eigenvalue weighted by atomic mass is 35.5. The lowest BCUT2D eigenvalue weighted by Crippen LogP contribution is -2.38.